The normalized spacial score (nSPS) is 11.6. The molecule has 5 heterocycles. The Morgan fingerprint density at radius 2 is 1.40 bits per heavy atom. The van der Waals surface area contributed by atoms with E-state index in [9.17, 15) is 19.2 Å². The van der Waals surface area contributed by atoms with E-state index in [0.29, 0.717) is 57.3 Å². The van der Waals surface area contributed by atoms with Gasteiger partial charge in [0.15, 0.2) is 5.65 Å². The molecule has 0 unspecified atom stereocenters. The molecule has 0 saturated carbocycles. The number of imidazole rings is 2. The average Bonchev–Trinajstić information content (AvgIpc) is 3.88. The second-order valence-corrected chi connectivity index (χ2v) is 12.5. The largest absolute Gasteiger partial charge is 0.494 e. The van der Waals surface area contributed by atoms with Crippen LogP contribution in [-0.4, -0.2) is 74.4 Å². The fraction of sp³-hybridized carbons (Fsp3) is 0.286. The number of hydrogen-bond acceptors (Lipinski definition) is 10. The number of ether oxygens (including phenoxy) is 1. The highest BCUT2D eigenvalue weighted by atomic mass is 16.5. The number of aromatic nitrogens is 9. The van der Waals surface area contributed by atoms with Crippen molar-refractivity contribution >= 4 is 57.7 Å². The molecule has 0 aliphatic heterocycles. The molecule has 274 valence electrons. The molecule has 0 bridgehead atoms. The first-order chi connectivity index (χ1) is 25.3. The minimum atomic E-state index is -0.667. The predicted molar refractivity (Wildman–Crippen MR) is 196 cm³/mol. The lowest BCUT2D eigenvalue weighted by Crippen LogP contribution is -2.21. The van der Waals surface area contributed by atoms with Gasteiger partial charge in [-0.05, 0) is 65.0 Å². The number of nitrogens with zero attached hydrogens (tertiary/aromatic N) is 9. The highest BCUT2D eigenvalue weighted by molar-refractivity contribution is 6.05. The third kappa shape index (κ3) is 7.06. The second kappa shape index (κ2) is 14.4. The number of primary amides is 2. The van der Waals surface area contributed by atoms with Crippen LogP contribution in [0, 0.1) is 13.8 Å². The summed E-state index contributed by atoms with van der Waals surface area (Å²) in [5.41, 5.74) is 15.1. The molecule has 18 heteroatoms. The van der Waals surface area contributed by atoms with E-state index in [-0.39, 0.29) is 42.2 Å². The number of aryl methyl sites for hydroxylation is 3. The van der Waals surface area contributed by atoms with Crippen molar-refractivity contribution in [3.05, 3.63) is 82.6 Å². The van der Waals surface area contributed by atoms with Gasteiger partial charge in [0.1, 0.15) is 28.2 Å². The Labute approximate surface area is 302 Å². The number of pyridine rings is 1. The Morgan fingerprint density at radius 3 is 2.04 bits per heavy atom. The standard InChI is InChI=1S/C35H39N13O5/c1-7-47-25(12-19(4)43-47)32(51)41-35-40-24-15-22(30(37)50)17-38-31(24)46(35)11-9-8-10-45-28-23(14-21(29(36)49)16-27(28)53-6)39-34(45)42-33(52)26-13-20(5)44-48(26)18(2)3/h8-9,12-18H,7,10-11H2,1-6H3,(H2,36,49)(H2,37,50)(H,39,42,52)(H,40,41,51). The Kier molecular flexibility index (Phi) is 9.78. The molecule has 4 amide bonds. The smallest absolute Gasteiger partial charge is 0.276 e. The van der Waals surface area contributed by atoms with Crippen molar-refractivity contribution in [2.24, 2.45) is 11.5 Å². The molecule has 1 aromatic carbocycles. The lowest BCUT2D eigenvalue weighted by molar-refractivity contribution is 0.0991. The van der Waals surface area contributed by atoms with Crippen molar-refractivity contribution < 1.29 is 23.9 Å². The fourth-order valence-corrected chi connectivity index (χ4v) is 5.96. The van der Waals surface area contributed by atoms with Crippen molar-refractivity contribution in [2.45, 2.75) is 60.3 Å². The number of fused-ring (bicyclic) bond motifs is 2. The van der Waals surface area contributed by atoms with E-state index >= 15 is 0 Å². The minimum Gasteiger partial charge on any atom is -0.494 e. The molecule has 0 fully saturated rings. The number of nitrogens with two attached hydrogens (primary N) is 2. The Bertz CT molecular complexity index is 2450. The first-order valence-corrected chi connectivity index (χ1v) is 16.7. The molecule has 0 saturated heterocycles. The van der Waals surface area contributed by atoms with Gasteiger partial charge in [0.25, 0.3) is 11.8 Å². The Morgan fingerprint density at radius 1 is 0.811 bits per heavy atom. The van der Waals surface area contributed by atoms with Crippen molar-refractivity contribution in [3.63, 3.8) is 0 Å². The quantitative estimate of drug-likeness (QED) is 0.127. The zero-order valence-corrected chi connectivity index (χ0v) is 30.0. The van der Waals surface area contributed by atoms with E-state index in [1.165, 1.54) is 31.5 Å². The van der Waals surface area contributed by atoms with Crippen LogP contribution in [0.4, 0.5) is 11.9 Å². The van der Waals surface area contributed by atoms with Gasteiger partial charge in [-0.15, -0.1) is 0 Å². The van der Waals surface area contributed by atoms with Crippen LogP contribution >= 0.6 is 0 Å². The van der Waals surface area contributed by atoms with Crippen molar-refractivity contribution in [3.8, 4) is 5.75 Å². The number of nitrogens with one attached hydrogen (secondary N) is 2. The SMILES string of the molecule is CCn1nc(C)cc1C(=O)Nc1nc2cc(C(N)=O)cnc2n1CC=CCn1c(NC(=O)c2cc(C)nn2C(C)C)nc2cc(C(N)=O)cc(OC)c21. The number of rotatable bonds is 13. The number of anilines is 2. The van der Waals surface area contributed by atoms with E-state index < -0.39 is 23.6 Å². The van der Waals surface area contributed by atoms with Gasteiger partial charge in [0.2, 0.25) is 23.7 Å². The average molecular weight is 722 g/mol. The third-order valence-electron chi connectivity index (χ3n) is 8.39. The summed E-state index contributed by atoms with van der Waals surface area (Å²) in [6, 6.07) is 7.85. The van der Waals surface area contributed by atoms with Crippen LogP contribution < -0.4 is 26.8 Å². The lowest BCUT2D eigenvalue weighted by atomic mass is 10.1. The van der Waals surface area contributed by atoms with Gasteiger partial charge < -0.3 is 20.8 Å². The van der Waals surface area contributed by atoms with E-state index in [1.807, 2.05) is 32.9 Å². The number of carbonyl (C=O) groups excluding carboxylic acids is 4. The van der Waals surface area contributed by atoms with E-state index in [2.05, 4.69) is 35.8 Å². The summed E-state index contributed by atoms with van der Waals surface area (Å²) in [4.78, 5) is 64.7. The van der Waals surface area contributed by atoms with E-state index in [0.717, 1.165) is 0 Å². The van der Waals surface area contributed by atoms with Gasteiger partial charge in [-0.3, -0.25) is 43.7 Å². The highest BCUT2D eigenvalue weighted by Gasteiger charge is 2.23. The molecule has 18 nitrogen and oxygen atoms in total. The first-order valence-electron chi connectivity index (χ1n) is 16.7. The maximum Gasteiger partial charge on any atom is 0.276 e. The van der Waals surface area contributed by atoms with Crippen LogP contribution in [0.15, 0.2) is 48.7 Å². The van der Waals surface area contributed by atoms with E-state index in [4.69, 9.17) is 16.2 Å². The van der Waals surface area contributed by atoms with Crippen molar-refractivity contribution in [2.75, 3.05) is 17.7 Å². The summed E-state index contributed by atoms with van der Waals surface area (Å²) >= 11 is 0. The van der Waals surface area contributed by atoms with Crippen LogP contribution in [0.2, 0.25) is 0 Å². The van der Waals surface area contributed by atoms with Gasteiger partial charge in [0, 0.05) is 37.4 Å². The van der Waals surface area contributed by atoms with Crippen LogP contribution in [0.5, 0.6) is 5.75 Å². The molecule has 6 aromatic rings. The van der Waals surface area contributed by atoms with Crippen LogP contribution in [0.1, 0.15) is 79.9 Å². The molecule has 0 aliphatic rings. The molecule has 6 N–H and O–H groups in total. The summed E-state index contributed by atoms with van der Waals surface area (Å²) in [5.74, 6) is -1.49. The number of carbonyl (C=O) groups is 4. The zero-order chi connectivity index (χ0) is 38.1. The summed E-state index contributed by atoms with van der Waals surface area (Å²) in [6.07, 6.45) is 4.99. The zero-order valence-electron chi connectivity index (χ0n) is 30.0. The summed E-state index contributed by atoms with van der Waals surface area (Å²) in [7, 11) is 1.46. The summed E-state index contributed by atoms with van der Waals surface area (Å²) in [5, 5.41) is 14.6. The topological polar surface area (TPSA) is 238 Å². The molecule has 53 heavy (non-hydrogen) atoms. The maximum atomic E-state index is 13.6. The molecule has 5 aromatic heterocycles. The maximum absolute atomic E-state index is 13.6. The van der Waals surface area contributed by atoms with Gasteiger partial charge in [0.05, 0.1) is 29.6 Å². The Hall–Kier alpha value is -6.85. The molecule has 6 rings (SSSR count). The molecule has 0 spiro atoms. The van der Waals surface area contributed by atoms with Crippen LogP contribution in [0.25, 0.3) is 22.2 Å². The first kappa shape index (κ1) is 36.0. The third-order valence-corrected chi connectivity index (χ3v) is 8.39. The predicted octanol–water partition coefficient (Wildman–Crippen LogP) is 3.36. The summed E-state index contributed by atoms with van der Waals surface area (Å²) in [6.45, 7) is 10.2. The second-order valence-electron chi connectivity index (χ2n) is 12.5. The Balaban J connectivity index is 1.36. The number of allylic oxidation sites excluding steroid dienone is 2. The van der Waals surface area contributed by atoms with Crippen molar-refractivity contribution in [1.29, 1.82) is 0 Å². The summed E-state index contributed by atoms with van der Waals surface area (Å²) < 4.78 is 12.3. The molecular formula is C35H39N13O5. The van der Waals surface area contributed by atoms with Gasteiger partial charge in [-0.25, -0.2) is 15.0 Å². The highest BCUT2D eigenvalue weighted by Crippen LogP contribution is 2.31. The van der Waals surface area contributed by atoms with Crippen LogP contribution in [-0.2, 0) is 19.6 Å². The van der Waals surface area contributed by atoms with Crippen molar-refractivity contribution in [1.82, 2.24) is 43.6 Å². The number of amides is 4. The van der Waals surface area contributed by atoms with Gasteiger partial charge in [-0.2, -0.15) is 10.2 Å². The fourth-order valence-electron chi connectivity index (χ4n) is 5.96. The lowest BCUT2D eigenvalue weighted by Gasteiger charge is -2.13. The van der Waals surface area contributed by atoms with Crippen LogP contribution in [0.3, 0.4) is 0 Å². The molecule has 0 aliphatic carbocycles. The molecular weight excluding hydrogens is 682 g/mol. The molecule has 0 atom stereocenters. The van der Waals surface area contributed by atoms with E-state index in [1.54, 1.807) is 44.5 Å². The monoisotopic (exact) mass is 721 g/mol. The minimum absolute atomic E-state index is 0.0758. The number of benzene rings is 1. The number of methoxy groups -OCH3 is 1. The van der Waals surface area contributed by atoms with Gasteiger partial charge >= 0.3 is 0 Å². The molecule has 0 radical (unpaired) electrons. The van der Waals surface area contributed by atoms with Gasteiger partial charge in [-0.1, -0.05) is 12.2 Å². The number of hydrogen-bond donors (Lipinski definition) is 4.